The summed E-state index contributed by atoms with van der Waals surface area (Å²) in [6, 6.07) is 21.3. The number of carbonyl (C=O) groups excluding carboxylic acids is 2. The lowest BCUT2D eigenvalue weighted by molar-refractivity contribution is 0.0664. The average Bonchev–Trinajstić information content (AvgIpc) is 3.33. The Bertz CT molecular complexity index is 1420. The molecule has 0 aliphatic carbocycles. The summed E-state index contributed by atoms with van der Waals surface area (Å²) < 4.78 is 0. The number of nitrogens with zero attached hydrogens (tertiary/aromatic N) is 2. The van der Waals surface area contributed by atoms with Crippen molar-refractivity contribution in [2.24, 2.45) is 11.5 Å². The standard InChI is InChI=1S/C28H29N5O2/c1-32-11-13-33(14-12-32)28(35)19-7-4-6-18(15-19)25-16-24-22(21-8-3-2-5-20(21)17-29)9-10-23(27(30)34)26(24)31-25/h2-10,15-16,31H,11-14,17,29H2,1H3,(H2,30,34). The van der Waals surface area contributed by atoms with Gasteiger partial charge in [-0.1, -0.05) is 42.5 Å². The number of piperazine rings is 1. The molecule has 0 radical (unpaired) electrons. The molecule has 1 aliphatic heterocycles. The molecule has 1 saturated heterocycles. The van der Waals surface area contributed by atoms with Gasteiger partial charge < -0.3 is 26.3 Å². The second kappa shape index (κ2) is 9.37. The Kier molecular flexibility index (Phi) is 6.11. The average molecular weight is 468 g/mol. The topological polar surface area (TPSA) is 108 Å². The number of benzene rings is 3. The third-order valence-corrected chi connectivity index (χ3v) is 6.80. The first-order chi connectivity index (χ1) is 17.0. The first-order valence-electron chi connectivity index (χ1n) is 11.8. The molecule has 35 heavy (non-hydrogen) atoms. The molecule has 0 atom stereocenters. The lowest BCUT2D eigenvalue weighted by Gasteiger charge is -2.32. The highest BCUT2D eigenvalue weighted by atomic mass is 16.2. The second-order valence-electron chi connectivity index (χ2n) is 9.03. The quantitative estimate of drug-likeness (QED) is 0.418. The van der Waals surface area contributed by atoms with E-state index in [0.717, 1.165) is 59.5 Å². The van der Waals surface area contributed by atoms with Crippen molar-refractivity contribution in [1.29, 1.82) is 0 Å². The molecule has 5 rings (SSSR count). The number of hydrogen-bond donors (Lipinski definition) is 3. The van der Waals surface area contributed by atoms with Crippen molar-refractivity contribution in [3.8, 4) is 22.4 Å². The highest BCUT2D eigenvalue weighted by Crippen LogP contribution is 2.36. The number of fused-ring (bicyclic) bond motifs is 1. The third kappa shape index (κ3) is 4.32. The molecular formula is C28H29N5O2. The molecule has 4 aromatic rings. The molecule has 1 aliphatic rings. The van der Waals surface area contributed by atoms with Crippen molar-refractivity contribution in [1.82, 2.24) is 14.8 Å². The second-order valence-corrected chi connectivity index (χ2v) is 9.03. The van der Waals surface area contributed by atoms with E-state index in [1.165, 1.54) is 0 Å². The fourth-order valence-corrected chi connectivity index (χ4v) is 4.79. The first kappa shape index (κ1) is 22.8. The largest absolute Gasteiger partial charge is 0.366 e. The number of amides is 2. The minimum absolute atomic E-state index is 0.0337. The first-order valence-corrected chi connectivity index (χ1v) is 11.8. The van der Waals surface area contributed by atoms with Gasteiger partial charge in [-0.3, -0.25) is 9.59 Å². The van der Waals surface area contributed by atoms with Crippen LogP contribution in [0.2, 0.25) is 0 Å². The Morgan fingerprint density at radius 1 is 0.914 bits per heavy atom. The molecule has 0 saturated carbocycles. The zero-order valence-electron chi connectivity index (χ0n) is 19.8. The van der Waals surface area contributed by atoms with E-state index in [2.05, 4.69) is 16.9 Å². The summed E-state index contributed by atoms with van der Waals surface area (Å²) in [7, 11) is 2.07. The van der Waals surface area contributed by atoms with Crippen LogP contribution in [0, 0.1) is 0 Å². The normalized spacial score (nSPS) is 14.4. The highest BCUT2D eigenvalue weighted by Gasteiger charge is 2.21. The summed E-state index contributed by atoms with van der Waals surface area (Å²) in [5.74, 6) is -0.465. The summed E-state index contributed by atoms with van der Waals surface area (Å²) in [5.41, 5.74) is 18.1. The Morgan fingerprint density at radius 2 is 1.69 bits per heavy atom. The van der Waals surface area contributed by atoms with E-state index >= 15 is 0 Å². The van der Waals surface area contributed by atoms with Crippen LogP contribution in [0.5, 0.6) is 0 Å². The van der Waals surface area contributed by atoms with E-state index in [9.17, 15) is 9.59 Å². The number of likely N-dealkylation sites (N-methyl/N-ethyl adjacent to an activating group) is 1. The zero-order chi connectivity index (χ0) is 24.5. The van der Waals surface area contributed by atoms with Gasteiger partial charge in [0.2, 0.25) is 0 Å². The number of carbonyl (C=O) groups is 2. The summed E-state index contributed by atoms with van der Waals surface area (Å²) in [4.78, 5) is 32.9. The molecule has 0 spiro atoms. The molecule has 0 bridgehead atoms. The van der Waals surface area contributed by atoms with Crippen molar-refractivity contribution in [3.05, 3.63) is 83.4 Å². The van der Waals surface area contributed by atoms with Gasteiger partial charge in [-0.05, 0) is 53.6 Å². The van der Waals surface area contributed by atoms with Crippen LogP contribution >= 0.6 is 0 Å². The maximum absolute atomic E-state index is 13.1. The Balaban J connectivity index is 1.59. The lowest BCUT2D eigenvalue weighted by atomic mass is 9.95. The van der Waals surface area contributed by atoms with E-state index in [0.29, 0.717) is 23.2 Å². The van der Waals surface area contributed by atoms with Crippen LogP contribution < -0.4 is 11.5 Å². The Hall–Kier alpha value is -3.94. The number of nitrogens with one attached hydrogen (secondary N) is 1. The van der Waals surface area contributed by atoms with Crippen LogP contribution in [-0.2, 0) is 6.54 Å². The number of aromatic amines is 1. The third-order valence-electron chi connectivity index (χ3n) is 6.80. The molecule has 2 heterocycles. The molecule has 7 nitrogen and oxygen atoms in total. The van der Waals surface area contributed by atoms with Crippen LogP contribution in [0.1, 0.15) is 26.3 Å². The lowest BCUT2D eigenvalue weighted by Crippen LogP contribution is -2.47. The van der Waals surface area contributed by atoms with Crippen LogP contribution in [0.15, 0.2) is 66.7 Å². The molecule has 1 aromatic heterocycles. The monoisotopic (exact) mass is 467 g/mol. The number of aromatic nitrogens is 1. The van der Waals surface area contributed by atoms with Gasteiger partial charge in [0.15, 0.2) is 0 Å². The molecule has 178 valence electrons. The molecule has 0 unspecified atom stereocenters. The Morgan fingerprint density at radius 3 is 2.43 bits per heavy atom. The van der Waals surface area contributed by atoms with Crippen molar-refractivity contribution >= 4 is 22.7 Å². The molecule has 7 heteroatoms. The number of nitrogens with two attached hydrogens (primary N) is 2. The fraction of sp³-hybridized carbons (Fsp3) is 0.214. The summed E-state index contributed by atoms with van der Waals surface area (Å²) in [6.07, 6.45) is 0. The minimum Gasteiger partial charge on any atom is -0.366 e. The number of H-pyrrole nitrogens is 1. The van der Waals surface area contributed by atoms with Crippen molar-refractivity contribution in [3.63, 3.8) is 0 Å². The highest BCUT2D eigenvalue weighted by molar-refractivity contribution is 6.10. The number of rotatable bonds is 5. The van der Waals surface area contributed by atoms with Crippen molar-refractivity contribution in [2.75, 3.05) is 33.2 Å². The van der Waals surface area contributed by atoms with Crippen molar-refractivity contribution in [2.45, 2.75) is 6.54 Å². The van der Waals surface area contributed by atoms with E-state index < -0.39 is 5.91 Å². The molecule has 5 N–H and O–H groups in total. The maximum Gasteiger partial charge on any atom is 0.253 e. The molecule has 1 fully saturated rings. The van der Waals surface area contributed by atoms with Gasteiger partial charge in [0.1, 0.15) is 0 Å². The smallest absolute Gasteiger partial charge is 0.253 e. The Labute approximate surface area is 204 Å². The zero-order valence-corrected chi connectivity index (χ0v) is 19.8. The molecular weight excluding hydrogens is 438 g/mol. The maximum atomic E-state index is 13.1. The van der Waals surface area contributed by atoms with Crippen LogP contribution in [0.25, 0.3) is 33.3 Å². The summed E-state index contributed by atoms with van der Waals surface area (Å²) in [6.45, 7) is 3.59. The van der Waals surface area contributed by atoms with Gasteiger partial charge in [-0.2, -0.15) is 0 Å². The summed E-state index contributed by atoms with van der Waals surface area (Å²) >= 11 is 0. The molecule has 2 amide bonds. The van der Waals surface area contributed by atoms with Gasteiger partial charge in [-0.15, -0.1) is 0 Å². The van der Waals surface area contributed by atoms with E-state index in [-0.39, 0.29) is 5.91 Å². The van der Waals surface area contributed by atoms with E-state index in [4.69, 9.17) is 11.5 Å². The predicted octanol–water partition coefficient (Wildman–Crippen LogP) is 3.45. The fourth-order valence-electron chi connectivity index (χ4n) is 4.79. The number of hydrogen-bond acceptors (Lipinski definition) is 4. The molecule has 3 aromatic carbocycles. The SMILES string of the molecule is CN1CCN(C(=O)c2cccc(-c3cc4c(-c5ccccc5CN)ccc(C(N)=O)c4[nH]3)c2)CC1. The van der Waals surface area contributed by atoms with Crippen molar-refractivity contribution < 1.29 is 9.59 Å². The predicted molar refractivity (Wildman–Crippen MR) is 139 cm³/mol. The van der Waals surface area contributed by atoms with Crippen LogP contribution in [0.4, 0.5) is 0 Å². The van der Waals surface area contributed by atoms with Crippen LogP contribution in [-0.4, -0.2) is 59.8 Å². The van der Waals surface area contributed by atoms with E-state index in [1.54, 1.807) is 6.07 Å². The number of primary amides is 1. The van der Waals surface area contributed by atoms with Gasteiger partial charge >= 0.3 is 0 Å². The summed E-state index contributed by atoms with van der Waals surface area (Å²) in [5, 5.41) is 0.882. The minimum atomic E-state index is -0.499. The van der Waals surface area contributed by atoms with Gasteiger partial charge in [0, 0.05) is 49.4 Å². The van der Waals surface area contributed by atoms with Gasteiger partial charge in [0.05, 0.1) is 11.1 Å². The van der Waals surface area contributed by atoms with Gasteiger partial charge in [0.25, 0.3) is 11.8 Å². The van der Waals surface area contributed by atoms with Crippen LogP contribution in [0.3, 0.4) is 0 Å². The van der Waals surface area contributed by atoms with E-state index in [1.807, 2.05) is 65.6 Å². The van der Waals surface area contributed by atoms with Gasteiger partial charge in [-0.25, -0.2) is 0 Å².